The van der Waals surface area contributed by atoms with E-state index in [1.165, 1.54) is 0 Å². The number of fused-ring (bicyclic) bond motifs is 1. The molecule has 1 amide bonds. The molecule has 0 atom stereocenters. The third-order valence-corrected chi connectivity index (χ3v) is 4.99. The lowest BCUT2D eigenvalue weighted by Gasteiger charge is -2.13. The van der Waals surface area contributed by atoms with Gasteiger partial charge in [-0.15, -0.1) is 0 Å². The van der Waals surface area contributed by atoms with E-state index in [9.17, 15) is 4.79 Å². The number of hydrogen-bond acceptors (Lipinski definition) is 3. The number of nitrogens with one attached hydrogen (secondary N) is 1. The zero-order valence-electron chi connectivity index (χ0n) is 15.9. The topological polar surface area (TPSA) is 51.5 Å². The lowest BCUT2D eigenvalue weighted by Crippen LogP contribution is -2.20. The molecule has 1 aromatic heterocycles. The molecule has 0 aliphatic rings. The number of rotatable bonds is 5. The van der Waals surface area contributed by atoms with E-state index in [4.69, 9.17) is 20.8 Å². The number of amides is 1. The molecule has 0 bridgehead atoms. The zero-order chi connectivity index (χ0) is 19.6. The first-order valence-corrected chi connectivity index (χ1v) is 9.05. The normalized spacial score (nSPS) is 11.7. The molecular weight excluding hydrogens is 362 g/mol. The molecule has 3 aromatic rings. The van der Waals surface area contributed by atoms with Crippen molar-refractivity contribution in [1.29, 1.82) is 0 Å². The smallest absolute Gasteiger partial charge is 0.244 e. The van der Waals surface area contributed by atoms with Gasteiger partial charge in [-0.05, 0) is 49.6 Å². The highest BCUT2D eigenvalue weighted by Crippen LogP contribution is 2.37. The molecule has 2 aromatic carbocycles. The van der Waals surface area contributed by atoms with Crippen LogP contribution >= 0.6 is 11.6 Å². The maximum absolute atomic E-state index is 12.4. The number of halogens is 1. The van der Waals surface area contributed by atoms with Gasteiger partial charge in [-0.25, -0.2) is 0 Å². The zero-order valence-corrected chi connectivity index (χ0v) is 16.6. The van der Waals surface area contributed by atoms with Gasteiger partial charge in [-0.3, -0.25) is 4.79 Å². The fourth-order valence-corrected chi connectivity index (χ4v) is 3.35. The second-order valence-electron chi connectivity index (χ2n) is 6.51. The van der Waals surface area contributed by atoms with Crippen LogP contribution in [0.4, 0.5) is 0 Å². The standard InChI is InChI=1S/C22H22ClNO3/c1-13(9-20(25)24-11-16-7-5-6-8-19(16)23)17-10-18-14(2)12-27-22(18)15(3)21(17)26-4/h5-10,12H,11H2,1-4H3,(H,24,25)/b13-9+. The van der Waals surface area contributed by atoms with Crippen molar-refractivity contribution in [2.75, 3.05) is 7.11 Å². The van der Waals surface area contributed by atoms with Crippen LogP contribution in [0.25, 0.3) is 16.5 Å². The molecule has 27 heavy (non-hydrogen) atoms. The lowest BCUT2D eigenvalue weighted by molar-refractivity contribution is -0.116. The third kappa shape index (κ3) is 3.86. The minimum Gasteiger partial charge on any atom is -0.496 e. The fourth-order valence-electron chi connectivity index (χ4n) is 3.14. The highest BCUT2D eigenvalue weighted by molar-refractivity contribution is 6.31. The van der Waals surface area contributed by atoms with Gasteiger partial charge in [-0.1, -0.05) is 29.8 Å². The van der Waals surface area contributed by atoms with Crippen LogP contribution in [0.15, 0.2) is 47.1 Å². The molecule has 0 radical (unpaired) electrons. The maximum atomic E-state index is 12.4. The van der Waals surface area contributed by atoms with Gasteiger partial charge in [0.15, 0.2) is 0 Å². The maximum Gasteiger partial charge on any atom is 0.244 e. The number of carbonyl (C=O) groups excluding carboxylic acids is 1. The van der Waals surface area contributed by atoms with Gasteiger partial charge >= 0.3 is 0 Å². The van der Waals surface area contributed by atoms with Crippen LogP contribution in [0.1, 0.15) is 29.2 Å². The molecule has 1 heterocycles. The number of methoxy groups -OCH3 is 1. The minimum atomic E-state index is -0.184. The van der Waals surface area contributed by atoms with Crippen LogP contribution in [0.3, 0.4) is 0 Å². The molecule has 3 rings (SSSR count). The summed E-state index contributed by atoms with van der Waals surface area (Å²) in [6, 6.07) is 9.46. The minimum absolute atomic E-state index is 0.184. The van der Waals surface area contributed by atoms with E-state index >= 15 is 0 Å². The van der Waals surface area contributed by atoms with Crippen molar-refractivity contribution in [3.05, 3.63) is 69.9 Å². The summed E-state index contributed by atoms with van der Waals surface area (Å²) in [5, 5.41) is 4.53. The van der Waals surface area contributed by atoms with Crippen molar-refractivity contribution >= 4 is 34.1 Å². The van der Waals surface area contributed by atoms with Crippen LogP contribution in [-0.2, 0) is 11.3 Å². The summed E-state index contributed by atoms with van der Waals surface area (Å²) >= 11 is 6.13. The number of allylic oxidation sites excluding steroid dienone is 1. The quantitative estimate of drug-likeness (QED) is 0.597. The second-order valence-corrected chi connectivity index (χ2v) is 6.92. The Labute approximate surface area is 163 Å². The largest absolute Gasteiger partial charge is 0.496 e. The summed E-state index contributed by atoms with van der Waals surface area (Å²) in [7, 11) is 1.62. The van der Waals surface area contributed by atoms with E-state index in [0.717, 1.165) is 38.8 Å². The SMILES string of the molecule is COc1c(/C(C)=C/C(=O)NCc2ccccc2Cl)cc2c(C)coc2c1C. The van der Waals surface area contributed by atoms with Crippen LogP contribution in [-0.4, -0.2) is 13.0 Å². The van der Waals surface area contributed by atoms with Crippen LogP contribution < -0.4 is 10.1 Å². The average molecular weight is 384 g/mol. The third-order valence-electron chi connectivity index (χ3n) is 4.62. The predicted molar refractivity (Wildman–Crippen MR) is 109 cm³/mol. The Bertz CT molecular complexity index is 1030. The van der Waals surface area contributed by atoms with E-state index < -0.39 is 0 Å². The van der Waals surface area contributed by atoms with Crippen molar-refractivity contribution in [3.63, 3.8) is 0 Å². The molecule has 0 saturated carbocycles. The molecule has 4 nitrogen and oxygen atoms in total. The molecule has 0 aliphatic heterocycles. The Balaban J connectivity index is 1.88. The Hall–Kier alpha value is -2.72. The Morgan fingerprint density at radius 3 is 2.74 bits per heavy atom. The van der Waals surface area contributed by atoms with E-state index in [1.54, 1.807) is 25.5 Å². The molecule has 0 spiro atoms. The summed E-state index contributed by atoms with van der Waals surface area (Å²) in [5.41, 5.74) is 5.34. The highest BCUT2D eigenvalue weighted by atomic mass is 35.5. The fraction of sp³-hybridized carbons (Fsp3) is 0.227. The van der Waals surface area contributed by atoms with Gasteiger partial charge in [0.05, 0.1) is 13.4 Å². The Morgan fingerprint density at radius 2 is 2.04 bits per heavy atom. The summed E-state index contributed by atoms with van der Waals surface area (Å²) in [6.45, 7) is 6.22. The van der Waals surface area contributed by atoms with Crippen molar-refractivity contribution in [2.45, 2.75) is 27.3 Å². The summed E-state index contributed by atoms with van der Waals surface area (Å²) in [4.78, 5) is 12.4. The number of aryl methyl sites for hydroxylation is 2. The Kier molecular flexibility index (Phi) is 5.57. The van der Waals surface area contributed by atoms with Gasteiger partial charge in [0.25, 0.3) is 0 Å². The summed E-state index contributed by atoms with van der Waals surface area (Å²) in [5.74, 6) is 0.528. The first kappa shape index (κ1) is 19.1. The second kappa shape index (κ2) is 7.89. The number of benzene rings is 2. The number of carbonyl (C=O) groups is 1. The van der Waals surface area contributed by atoms with Gasteiger partial charge < -0.3 is 14.5 Å². The number of hydrogen-bond donors (Lipinski definition) is 1. The Morgan fingerprint density at radius 1 is 1.30 bits per heavy atom. The van der Waals surface area contributed by atoms with Crippen molar-refractivity contribution < 1.29 is 13.9 Å². The highest BCUT2D eigenvalue weighted by Gasteiger charge is 2.16. The first-order valence-electron chi connectivity index (χ1n) is 8.67. The lowest BCUT2D eigenvalue weighted by atomic mass is 9.98. The van der Waals surface area contributed by atoms with Gasteiger partial charge in [0, 0.05) is 34.2 Å². The first-order chi connectivity index (χ1) is 12.9. The molecule has 140 valence electrons. The van der Waals surface area contributed by atoms with Crippen molar-refractivity contribution in [2.24, 2.45) is 0 Å². The van der Waals surface area contributed by atoms with E-state index in [1.807, 2.05) is 45.0 Å². The van der Waals surface area contributed by atoms with Crippen molar-refractivity contribution in [3.8, 4) is 5.75 Å². The molecular formula is C22H22ClNO3. The predicted octanol–water partition coefficient (Wildman–Crippen LogP) is 5.43. The number of furan rings is 1. The average Bonchev–Trinajstić information content (AvgIpc) is 3.02. The van der Waals surface area contributed by atoms with Crippen LogP contribution in [0.2, 0.25) is 5.02 Å². The van der Waals surface area contributed by atoms with E-state index in [-0.39, 0.29) is 5.91 Å². The molecule has 0 fully saturated rings. The molecule has 0 saturated heterocycles. The monoisotopic (exact) mass is 383 g/mol. The van der Waals surface area contributed by atoms with Gasteiger partial charge in [0.1, 0.15) is 11.3 Å². The molecule has 0 aliphatic carbocycles. The number of ether oxygens (including phenoxy) is 1. The van der Waals surface area contributed by atoms with Gasteiger partial charge in [0.2, 0.25) is 5.91 Å². The van der Waals surface area contributed by atoms with Crippen LogP contribution in [0, 0.1) is 13.8 Å². The van der Waals surface area contributed by atoms with Gasteiger partial charge in [-0.2, -0.15) is 0 Å². The molecule has 5 heteroatoms. The molecule has 1 N–H and O–H groups in total. The summed E-state index contributed by atoms with van der Waals surface area (Å²) in [6.07, 6.45) is 3.31. The van der Waals surface area contributed by atoms with E-state index in [0.29, 0.717) is 17.3 Å². The molecule has 0 unspecified atom stereocenters. The van der Waals surface area contributed by atoms with Crippen molar-refractivity contribution in [1.82, 2.24) is 5.32 Å². The van der Waals surface area contributed by atoms with E-state index in [2.05, 4.69) is 5.32 Å². The summed E-state index contributed by atoms with van der Waals surface area (Å²) < 4.78 is 11.2. The van der Waals surface area contributed by atoms with Crippen LogP contribution in [0.5, 0.6) is 5.75 Å².